The van der Waals surface area contributed by atoms with Gasteiger partial charge in [0.05, 0.1) is 11.3 Å². The lowest BCUT2D eigenvalue weighted by molar-refractivity contribution is -0.141. The minimum absolute atomic E-state index is 0.0810. The van der Waals surface area contributed by atoms with Crippen molar-refractivity contribution >= 4 is 10.9 Å². The van der Waals surface area contributed by atoms with Crippen LogP contribution >= 0.6 is 0 Å². The molecule has 0 bridgehead atoms. The number of H-pyrrole nitrogens is 1. The maximum atomic E-state index is 13.5. The van der Waals surface area contributed by atoms with Crippen molar-refractivity contribution in [1.82, 2.24) is 14.8 Å². The Morgan fingerprint density at radius 2 is 1.81 bits per heavy atom. The fraction of sp³-hybridized carbons (Fsp3) is 0.346. The molecule has 0 radical (unpaired) electrons. The molecule has 2 atom stereocenters. The summed E-state index contributed by atoms with van der Waals surface area (Å²) in [5.74, 6) is 0. The number of benzene rings is 2. The monoisotopic (exact) mass is 523 g/mol. The molecule has 1 aliphatic heterocycles. The van der Waals surface area contributed by atoms with E-state index in [1.165, 1.54) is 6.07 Å². The highest BCUT2D eigenvalue weighted by Crippen LogP contribution is 2.48. The Hall–Kier alpha value is -3.31. The second kappa shape index (κ2) is 8.91. The minimum atomic E-state index is -4.69. The van der Waals surface area contributed by atoms with Crippen molar-refractivity contribution in [2.75, 3.05) is 6.61 Å². The second-order valence-electron chi connectivity index (χ2n) is 9.47. The van der Waals surface area contributed by atoms with Gasteiger partial charge in [0.2, 0.25) is 0 Å². The molecule has 0 spiro atoms. The Balaban J connectivity index is 1.62. The van der Waals surface area contributed by atoms with E-state index in [0.717, 1.165) is 33.8 Å². The Morgan fingerprint density at radius 1 is 1.05 bits per heavy atom. The first-order chi connectivity index (χ1) is 17.4. The topological polar surface area (TPSA) is 63.1 Å². The highest BCUT2D eigenvalue weighted by molar-refractivity contribution is 5.98. The summed E-state index contributed by atoms with van der Waals surface area (Å²) in [6.45, 7) is 1.34. The maximum Gasteiger partial charge on any atom is 0.435 e. The van der Waals surface area contributed by atoms with Crippen LogP contribution in [0.15, 0.2) is 54.6 Å². The van der Waals surface area contributed by atoms with Crippen LogP contribution in [0, 0.1) is 0 Å². The van der Waals surface area contributed by atoms with Gasteiger partial charge in [0.25, 0.3) is 0 Å². The molecule has 0 saturated carbocycles. The molecule has 2 unspecified atom stereocenters. The summed E-state index contributed by atoms with van der Waals surface area (Å²) < 4.78 is 87.1. The third-order valence-corrected chi connectivity index (χ3v) is 6.96. The van der Waals surface area contributed by atoms with Crippen LogP contribution in [0.1, 0.15) is 48.5 Å². The van der Waals surface area contributed by atoms with Crippen LogP contribution in [0.25, 0.3) is 22.0 Å². The molecule has 1 saturated heterocycles. The number of aliphatic hydroxyl groups excluding tert-OH is 1. The summed E-state index contributed by atoms with van der Waals surface area (Å²) in [5.41, 5.74) is -0.138. The van der Waals surface area contributed by atoms with E-state index in [1.54, 1.807) is 12.1 Å². The van der Waals surface area contributed by atoms with Crippen LogP contribution < -0.4 is 0 Å². The molecule has 3 heterocycles. The Kier molecular flexibility index (Phi) is 6.11. The summed E-state index contributed by atoms with van der Waals surface area (Å²) in [6.07, 6.45) is -9.35. The van der Waals surface area contributed by atoms with E-state index in [0.29, 0.717) is 23.2 Å². The average Bonchev–Trinajstić information content (AvgIpc) is 3.46. The van der Waals surface area contributed by atoms with Crippen LogP contribution in [-0.2, 0) is 29.2 Å². The van der Waals surface area contributed by atoms with E-state index in [4.69, 9.17) is 4.74 Å². The van der Waals surface area contributed by atoms with Gasteiger partial charge < -0.3 is 14.8 Å². The molecule has 2 N–H and O–H groups in total. The summed E-state index contributed by atoms with van der Waals surface area (Å²) in [6, 6.07) is 13.2. The number of rotatable bonds is 4. The number of aromatic nitrogens is 3. The average molecular weight is 523 g/mol. The molecule has 2 aromatic carbocycles. The van der Waals surface area contributed by atoms with E-state index < -0.39 is 41.9 Å². The zero-order valence-electron chi connectivity index (χ0n) is 19.6. The van der Waals surface area contributed by atoms with Gasteiger partial charge in [-0.05, 0) is 42.7 Å². The molecule has 196 valence electrons. The number of halogens is 6. The van der Waals surface area contributed by atoms with Gasteiger partial charge in [-0.25, -0.2) is 4.68 Å². The number of nitrogens with one attached hydrogen (secondary N) is 1. The van der Waals surface area contributed by atoms with Crippen molar-refractivity contribution in [3.8, 4) is 11.1 Å². The Bertz CT molecular complexity index is 1440. The van der Waals surface area contributed by atoms with E-state index in [1.807, 2.05) is 25.1 Å². The summed E-state index contributed by atoms with van der Waals surface area (Å²) >= 11 is 0. The predicted octanol–water partition coefficient (Wildman–Crippen LogP) is 6.83. The van der Waals surface area contributed by atoms with Crippen molar-refractivity contribution < 1.29 is 36.2 Å². The van der Waals surface area contributed by atoms with Crippen molar-refractivity contribution in [3.05, 3.63) is 77.2 Å². The number of para-hydroxylation sites is 1. The number of ether oxygens (including phenoxy) is 1. The van der Waals surface area contributed by atoms with E-state index in [-0.39, 0.29) is 18.7 Å². The van der Waals surface area contributed by atoms with Gasteiger partial charge in [0.15, 0.2) is 5.69 Å². The SMILES string of the molecule is CC1(c2[nH]c3ccccc3c2-c2cccc(C(F)(F)F)c2)CCOC(c2cc(C(F)(F)F)nn2CO)C1. The van der Waals surface area contributed by atoms with Gasteiger partial charge in [-0.15, -0.1) is 0 Å². The van der Waals surface area contributed by atoms with Crippen LogP contribution in [0.5, 0.6) is 0 Å². The third kappa shape index (κ3) is 4.61. The summed E-state index contributed by atoms with van der Waals surface area (Å²) in [7, 11) is 0. The van der Waals surface area contributed by atoms with Gasteiger partial charge >= 0.3 is 12.4 Å². The smallest absolute Gasteiger partial charge is 0.374 e. The summed E-state index contributed by atoms with van der Waals surface area (Å²) in [5, 5.41) is 13.8. The highest BCUT2D eigenvalue weighted by Gasteiger charge is 2.42. The second-order valence-corrected chi connectivity index (χ2v) is 9.47. The molecule has 0 aliphatic carbocycles. The molecule has 11 heteroatoms. The molecule has 1 aliphatic rings. The zero-order valence-corrected chi connectivity index (χ0v) is 19.6. The lowest BCUT2D eigenvalue weighted by atomic mass is 9.74. The van der Waals surface area contributed by atoms with Crippen LogP contribution in [0.2, 0.25) is 0 Å². The number of nitrogens with zero attached hydrogens (tertiary/aromatic N) is 2. The van der Waals surface area contributed by atoms with Crippen molar-refractivity contribution in [2.24, 2.45) is 0 Å². The molecule has 5 nitrogen and oxygen atoms in total. The highest BCUT2D eigenvalue weighted by atomic mass is 19.4. The molecule has 5 rings (SSSR count). The van der Waals surface area contributed by atoms with Gasteiger partial charge in [0.1, 0.15) is 12.8 Å². The van der Waals surface area contributed by atoms with E-state index in [2.05, 4.69) is 10.1 Å². The maximum absolute atomic E-state index is 13.5. The van der Waals surface area contributed by atoms with Gasteiger partial charge in [-0.3, -0.25) is 0 Å². The fourth-order valence-electron chi connectivity index (χ4n) is 5.10. The number of hydrogen-bond donors (Lipinski definition) is 2. The van der Waals surface area contributed by atoms with Crippen LogP contribution in [0.3, 0.4) is 0 Å². The quantitative estimate of drug-likeness (QED) is 0.288. The largest absolute Gasteiger partial charge is 0.435 e. The number of alkyl halides is 6. The van der Waals surface area contributed by atoms with E-state index in [9.17, 15) is 31.4 Å². The number of aromatic amines is 1. The molecule has 4 aromatic rings. The first kappa shape index (κ1) is 25.3. The van der Waals surface area contributed by atoms with Crippen LogP contribution in [-0.4, -0.2) is 26.5 Å². The van der Waals surface area contributed by atoms with Gasteiger partial charge in [-0.2, -0.15) is 31.4 Å². The van der Waals surface area contributed by atoms with E-state index >= 15 is 0 Å². The predicted molar refractivity (Wildman–Crippen MR) is 123 cm³/mol. The minimum Gasteiger partial charge on any atom is -0.374 e. The van der Waals surface area contributed by atoms with Gasteiger partial charge in [0, 0.05) is 34.2 Å². The standard InChI is InChI=1S/C26H23F6N3O2/c1-24(9-10-37-20(13-24)19-12-21(26(30,31)32)34-35(19)14-36)23-22(17-7-2-3-8-18(17)33-23)15-5-4-6-16(11-15)25(27,28)29/h2-8,11-12,20,33,36H,9-10,13-14H2,1H3. The van der Waals surface area contributed by atoms with Gasteiger partial charge in [-0.1, -0.05) is 37.3 Å². The van der Waals surface area contributed by atoms with Crippen LogP contribution in [0.4, 0.5) is 26.3 Å². The lowest BCUT2D eigenvalue weighted by Gasteiger charge is -2.38. The molecule has 37 heavy (non-hydrogen) atoms. The van der Waals surface area contributed by atoms with Crippen molar-refractivity contribution in [2.45, 2.75) is 50.4 Å². The van der Waals surface area contributed by atoms with Crippen molar-refractivity contribution in [1.29, 1.82) is 0 Å². The molecular weight excluding hydrogens is 500 g/mol. The summed E-state index contributed by atoms with van der Waals surface area (Å²) in [4.78, 5) is 3.37. The fourth-order valence-corrected chi connectivity index (χ4v) is 5.10. The number of aliphatic hydroxyl groups is 1. The molecule has 0 amide bonds. The Morgan fingerprint density at radius 3 is 2.51 bits per heavy atom. The number of fused-ring (bicyclic) bond motifs is 1. The molecular formula is C26H23F6N3O2. The normalized spacial score (nSPS) is 21.0. The first-order valence-corrected chi connectivity index (χ1v) is 11.6. The molecule has 1 fully saturated rings. The third-order valence-electron chi connectivity index (χ3n) is 6.96. The first-order valence-electron chi connectivity index (χ1n) is 11.6. The Labute approximate surface area is 207 Å². The lowest BCUT2D eigenvalue weighted by Crippen LogP contribution is -2.34. The van der Waals surface area contributed by atoms with Crippen molar-refractivity contribution in [3.63, 3.8) is 0 Å². The number of hydrogen-bond acceptors (Lipinski definition) is 3. The molecule has 2 aromatic heterocycles. The zero-order chi connectivity index (χ0) is 26.6.